The SMILES string of the molecule is CCC(=O)O[C@@H]1[C@@H]2[C@@H](OC(C)=O)[C@@]34CO[C@@](C)([C@@H](OC(=O)C(C)C)[C@@]2(OC(C)=O)C[C@@]1(C)OC(=O)C(C)C)[C@@H]3[C@@H](C(C)(C)OC(C)=O)C=C[C@H]4OC(C)=O. The number of fused-ring (bicyclic) bond motifs is 1. The molecule has 15 heteroatoms. The van der Waals surface area contributed by atoms with Crippen LogP contribution in [0.25, 0.3) is 0 Å². The predicted octanol–water partition coefficient (Wildman–Crippen LogP) is 3.95. The van der Waals surface area contributed by atoms with Gasteiger partial charge >= 0.3 is 41.8 Å². The maximum atomic E-state index is 13.9. The lowest BCUT2D eigenvalue weighted by atomic mass is 9.53. The maximum absolute atomic E-state index is 13.9. The van der Waals surface area contributed by atoms with Crippen molar-refractivity contribution in [3.05, 3.63) is 12.2 Å². The Morgan fingerprint density at radius 2 is 1.35 bits per heavy atom. The minimum atomic E-state index is -2.10. The Hall–Kier alpha value is -4.01. The monoisotopic (exact) mass is 764 g/mol. The summed E-state index contributed by atoms with van der Waals surface area (Å²) in [6.45, 7) is 19.0. The lowest BCUT2D eigenvalue weighted by molar-refractivity contribution is -0.248. The van der Waals surface area contributed by atoms with Crippen molar-refractivity contribution in [1.82, 2.24) is 0 Å². The second-order valence-corrected chi connectivity index (χ2v) is 16.6. The summed E-state index contributed by atoms with van der Waals surface area (Å²) in [5.41, 5.74) is -8.54. The van der Waals surface area contributed by atoms with Crippen LogP contribution in [0.2, 0.25) is 0 Å². The molecule has 0 amide bonds. The number of hydrogen-bond acceptors (Lipinski definition) is 15. The molecular weight excluding hydrogens is 708 g/mol. The van der Waals surface area contributed by atoms with Crippen molar-refractivity contribution in [1.29, 1.82) is 0 Å². The molecule has 3 aliphatic carbocycles. The second kappa shape index (κ2) is 14.9. The van der Waals surface area contributed by atoms with Gasteiger partial charge in [0.25, 0.3) is 0 Å². The van der Waals surface area contributed by atoms with E-state index in [1.54, 1.807) is 67.5 Å². The van der Waals surface area contributed by atoms with Crippen LogP contribution in [0.15, 0.2) is 12.2 Å². The van der Waals surface area contributed by atoms with Gasteiger partial charge in [-0.1, -0.05) is 40.7 Å². The summed E-state index contributed by atoms with van der Waals surface area (Å²) in [5, 5.41) is 0. The van der Waals surface area contributed by atoms with E-state index in [2.05, 4.69) is 0 Å². The summed E-state index contributed by atoms with van der Waals surface area (Å²) in [4.78, 5) is 93.2. The van der Waals surface area contributed by atoms with Crippen LogP contribution in [0.3, 0.4) is 0 Å². The van der Waals surface area contributed by atoms with Crippen LogP contribution in [-0.2, 0) is 71.5 Å². The molecule has 1 saturated heterocycles. The van der Waals surface area contributed by atoms with Gasteiger partial charge in [0.2, 0.25) is 0 Å². The molecule has 0 unspecified atom stereocenters. The molecule has 4 aliphatic rings. The molecule has 15 nitrogen and oxygen atoms in total. The highest BCUT2D eigenvalue weighted by molar-refractivity contribution is 5.74. The quantitative estimate of drug-likeness (QED) is 0.167. The molecule has 0 spiro atoms. The number of esters is 7. The summed E-state index contributed by atoms with van der Waals surface area (Å²) < 4.78 is 50.4. The third kappa shape index (κ3) is 7.24. The van der Waals surface area contributed by atoms with E-state index in [1.807, 2.05) is 0 Å². The van der Waals surface area contributed by atoms with Gasteiger partial charge in [0.1, 0.15) is 23.4 Å². The highest BCUT2D eigenvalue weighted by atomic mass is 16.6. The Labute approximate surface area is 316 Å². The van der Waals surface area contributed by atoms with Gasteiger partial charge in [-0.25, -0.2) is 0 Å². The fourth-order valence-corrected chi connectivity index (χ4v) is 9.54. The molecule has 4 rings (SSSR count). The Morgan fingerprint density at radius 1 is 0.759 bits per heavy atom. The van der Waals surface area contributed by atoms with Crippen LogP contribution in [0.4, 0.5) is 0 Å². The molecule has 302 valence electrons. The minimum Gasteiger partial charge on any atom is -0.461 e. The van der Waals surface area contributed by atoms with Crippen LogP contribution in [0.5, 0.6) is 0 Å². The molecule has 2 bridgehead atoms. The lowest BCUT2D eigenvalue weighted by Gasteiger charge is -2.53. The Balaban J connectivity index is 2.26. The number of carbonyl (C=O) groups is 7. The van der Waals surface area contributed by atoms with Gasteiger partial charge < -0.3 is 37.9 Å². The normalized spacial score (nSPS) is 36.6. The van der Waals surface area contributed by atoms with Crippen LogP contribution < -0.4 is 0 Å². The van der Waals surface area contributed by atoms with Gasteiger partial charge in [-0.3, -0.25) is 33.6 Å². The van der Waals surface area contributed by atoms with Gasteiger partial charge in [0.05, 0.1) is 29.8 Å². The van der Waals surface area contributed by atoms with Gasteiger partial charge in [-0.05, 0) is 33.8 Å². The fourth-order valence-electron chi connectivity index (χ4n) is 9.54. The Kier molecular flexibility index (Phi) is 11.8. The van der Waals surface area contributed by atoms with Crippen LogP contribution in [-0.4, -0.2) is 95.2 Å². The zero-order valence-corrected chi connectivity index (χ0v) is 33.6. The summed E-state index contributed by atoms with van der Waals surface area (Å²) in [6, 6.07) is 0. The topological polar surface area (TPSA) is 193 Å². The number of rotatable bonds is 11. The molecular formula is C39H56O15. The smallest absolute Gasteiger partial charge is 0.309 e. The molecule has 1 aliphatic heterocycles. The number of hydrogen-bond donors (Lipinski definition) is 0. The molecule has 0 aromatic heterocycles. The molecule has 0 radical (unpaired) electrons. The minimum absolute atomic E-state index is 0.117. The van der Waals surface area contributed by atoms with Gasteiger partial charge in [0, 0.05) is 52.4 Å². The van der Waals surface area contributed by atoms with Crippen molar-refractivity contribution in [2.45, 2.75) is 150 Å². The first kappa shape index (κ1) is 42.7. The first-order valence-corrected chi connectivity index (χ1v) is 18.5. The predicted molar refractivity (Wildman–Crippen MR) is 187 cm³/mol. The molecule has 11 atom stereocenters. The van der Waals surface area contributed by atoms with Gasteiger partial charge in [-0.15, -0.1) is 0 Å². The molecule has 1 heterocycles. The standard InChI is InChI=1S/C39H56O15/c1-14-27(44)50-30-28-31(49-22(7)41)38-18-47-37(13,29(38)25(35(10,11)52-23(8)42)15-16-26(38)48-21(6)40)34(51-32(45)19(2)3)39(28,53-24(9)43)17-36(30,12)54-33(46)20(4)5/h15-16,19-20,25-26,28-31,34H,14,17-18H2,1-13H3/t25-,26+,28+,29-,30+,31+,34+,36+,37+,38+,39+/m0/s1. The molecule has 0 N–H and O–H groups in total. The summed E-state index contributed by atoms with van der Waals surface area (Å²) >= 11 is 0. The zero-order valence-electron chi connectivity index (χ0n) is 33.6. The average molecular weight is 765 g/mol. The van der Waals surface area contributed by atoms with E-state index < -0.39 is 130 Å². The molecule has 0 aromatic carbocycles. The third-order valence-corrected chi connectivity index (χ3v) is 11.3. The van der Waals surface area contributed by atoms with Crippen LogP contribution in [0.1, 0.15) is 103 Å². The molecule has 0 aromatic rings. The van der Waals surface area contributed by atoms with Crippen molar-refractivity contribution in [3.8, 4) is 0 Å². The largest absolute Gasteiger partial charge is 0.461 e. The average Bonchev–Trinajstić information content (AvgIpc) is 3.44. The van der Waals surface area contributed by atoms with Gasteiger partial charge in [0.15, 0.2) is 23.4 Å². The summed E-state index contributed by atoms with van der Waals surface area (Å²) in [7, 11) is 0. The van der Waals surface area contributed by atoms with E-state index in [4.69, 9.17) is 37.9 Å². The summed E-state index contributed by atoms with van der Waals surface area (Å²) in [6.07, 6.45) is -3.02. The summed E-state index contributed by atoms with van der Waals surface area (Å²) in [5.74, 6) is -9.67. The van der Waals surface area contributed by atoms with Crippen molar-refractivity contribution in [2.24, 2.45) is 35.0 Å². The van der Waals surface area contributed by atoms with Gasteiger partial charge in [-0.2, -0.15) is 0 Å². The highest BCUT2D eigenvalue weighted by Gasteiger charge is 2.85. The Bertz CT molecular complexity index is 1580. The number of ether oxygens (including phenoxy) is 8. The van der Waals surface area contributed by atoms with Crippen molar-refractivity contribution >= 4 is 41.8 Å². The zero-order chi connectivity index (χ0) is 40.9. The molecule has 54 heavy (non-hydrogen) atoms. The van der Waals surface area contributed by atoms with E-state index in [0.29, 0.717) is 0 Å². The molecule has 2 saturated carbocycles. The van der Waals surface area contributed by atoms with E-state index in [1.165, 1.54) is 20.8 Å². The third-order valence-electron chi connectivity index (χ3n) is 11.3. The van der Waals surface area contributed by atoms with Crippen molar-refractivity contribution < 1.29 is 71.5 Å². The van der Waals surface area contributed by atoms with E-state index >= 15 is 0 Å². The first-order valence-electron chi connectivity index (χ1n) is 18.5. The lowest BCUT2D eigenvalue weighted by Crippen LogP contribution is -2.64. The van der Waals surface area contributed by atoms with Crippen LogP contribution in [0, 0.1) is 35.0 Å². The van der Waals surface area contributed by atoms with E-state index in [-0.39, 0.29) is 13.0 Å². The second-order valence-electron chi connectivity index (χ2n) is 16.6. The maximum Gasteiger partial charge on any atom is 0.309 e. The van der Waals surface area contributed by atoms with E-state index in [0.717, 1.165) is 13.8 Å². The first-order chi connectivity index (χ1) is 24.8. The molecule has 3 fully saturated rings. The van der Waals surface area contributed by atoms with E-state index in [9.17, 15) is 33.6 Å². The van der Waals surface area contributed by atoms with Crippen molar-refractivity contribution in [3.63, 3.8) is 0 Å². The van der Waals surface area contributed by atoms with Crippen molar-refractivity contribution in [2.75, 3.05) is 6.61 Å². The highest BCUT2D eigenvalue weighted by Crippen LogP contribution is 2.70. The van der Waals surface area contributed by atoms with Crippen LogP contribution >= 0.6 is 0 Å². The fraction of sp³-hybridized carbons (Fsp3) is 0.769. The Morgan fingerprint density at radius 3 is 1.85 bits per heavy atom. The number of carbonyl (C=O) groups excluding carboxylic acids is 7.